The third kappa shape index (κ3) is 4.85. The van der Waals surface area contributed by atoms with Crippen molar-refractivity contribution in [2.75, 3.05) is 13.2 Å². The van der Waals surface area contributed by atoms with E-state index in [4.69, 9.17) is 11.2 Å². The van der Waals surface area contributed by atoms with Gasteiger partial charge in [0.2, 0.25) is 0 Å². The number of halogens is 1. The van der Waals surface area contributed by atoms with Crippen LogP contribution in [0, 0.1) is 12.3 Å². The molecule has 0 fully saturated rings. The van der Waals surface area contributed by atoms with Gasteiger partial charge in [-0.1, -0.05) is 28.8 Å². The lowest BCUT2D eigenvalue weighted by atomic mass is 10.1. The number of rotatable bonds is 7. The number of aromatic nitrogens is 1. The highest BCUT2D eigenvalue weighted by molar-refractivity contribution is 9.10. The van der Waals surface area contributed by atoms with Gasteiger partial charge in [-0.05, 0) is 18.2 Å². The molecule has 1 unspecified atom stereocenters. The molecule has 0 bridgehead atoms. The van der Waals surface area contributed by atoms with Crippen molar-refractivity contribution in [3.05, 3.63) is 44.8 Å². The molecule has 0 amide bonds. The first-order chi connectivity index (χ1) is 10.2. The van der Waals surface area contributed by atoms with Crippen LogP contribution in [0.2, 0.25) is 0 Å². The van der Waals surface area contributed by atoms with Crippen LogP contribution < -0.4 is 10.1 Å². The zero-order chi connectivity index (χ0) is 15.1. The van der Waals surface area contributed by atoms with Gasteiger partial charge in [-0.2, -0.15) is 0 Å². The Morgan fingerprint density at radius 2 is 2.38 bits per heavy atom. The maximum absolute atomic E-state index is 5.56. The minimum atomic E-state index is 0.282. The van der Waals surface area contributed by atoms with Crippen LogP contribution in [0.15, 0.2) is 34.2 Å². The molecule has 0 saturated heterocycles. The van der Waals surface area contributed by atoms with Gasteiger partial charge in [0.05, 0.1) is 5.01 Å². The first-order valence-corrected chi connectivity index (χ1v) is 8.32. The van der Waals surface area contributed by atoms with Crippen LogP contribution in [0.4, 0.5) is 0 Å². The monoisotopic (exact) mass is 364 g/mol. The van der Waals surface area contributed by atoms with Gasteiger partial charge in [0, 0.05) is 40.6 Å². The Balaban J connectivity index is 1.93. The molecule has 1 N–H and O–H groups in total. The van der Waals surface area contributed by atoms with Gasteiger partial charge in [-0.15, -0.1) is 17.8 Å². The molecule has 0 aliphatic rings. The minimum Gasteiger partial charge on any atom is -0.481 e. The molecule has 0 saturated carbocycles. The van der Waals surface area contributed by atoms with Crippen molar-refractivity contribution in [1.29, 1.82) is 0 Å². The fourth-order valence-corrected chi connectivity index (χ4v) is 3.04. The Morgan fingerprint density at radius 3 is 3.10 bits per heavy atom. The zero-order valence-electron chi connectivity index (χ0n) is 11.8. The summed E-state index contributed by atoms with van der Waals surface area (Å²) in [5.41, 5.74) is 1.09. The summed E-state index contributed by atoms with van der Waals surface area (Å²) in [6, 6.07) is 5.93. The second kappa shape index (κ2) is 8.18. The molecular formula is C16H17BrN2OS. The van der Waals surface area contributed by atoms with E-state index in [0.717, 1.165) is 33.9 Å². The topological polar surface area (TPSA) is 34.1 Å². The Bertz CT molecular complexity index is 607. The van der Waals surface area contributed by atoms with Crippen LogP contribution in [-0.2, 0) is 6.54 Å². The second-order valence-corrected chi connectivity index (χ2v) is 6.49. The van der Waals surface area contributed by atoms with Crippen LogP contribution in [0.3, 0.4) is 0 Å². The van der Waals surface area contributed by atoms with E-state index in [1.807, 2.05) is 29.8 Å². The molecule has 1 aromatic carbocycles. The second-order valence-electron chi connectivity index (χ2n) is 4.65. The first kappa shape index (κ1) is 16.0. The summed E-state index contributed by atoms with van der Waals surface area (Å²) < 4.78 is 6.59. The molecule has 1 atom stereocenters. The summed E-state index contributed by atoms with van der Waals surface area (Å²) in [6.45, 7) is 4.05. The summed E-state index contributed by atoms with van der Waals surface area (Å²) in [6.07, 6.45) is 7.09. The predicted molar refractivity (Wildman–Crippen MR) is 90.7 cm³/mol. The lowest BCUT2D eigenvalue weighted by Crippen LogP contribution is -2.20. The third-order valence-electron chi connectivity index (χ3n) is 2.97. The van der Waals surface area contributed by atoms with Gasteiger partial charge in [-0.3, -0.25) is 0 Å². The fraction of sp³-hybridized carbons (Fsp3) is 0.312. The largest absolute Gasteiger partial charge is 0.481 e. The Hall–Kier alpha value is -1.35. The van der Waals surface area contributed by atoms with Crippen molar-refractivity contribution in [1.82, 2.24) is 10.3 Å². The Kier molecular flexibility index (Phi) is 6.24. The summed E-state index contributed by atoms with van der Waals surface area (Å²) >= 11 is 5.17. The quantitative estimate of drug-likeness (QED) is 0.758. The molecule has 2 rings (SSSR count). The predicted octanol–water partition coefficient (Wildman–Crippen LogP) is 3.81. The number of ether oxygens (including phenoxy) is 1. The smallest absolute Gasteiger partial charge is 0.148 e. The van der Waals surface area contributed by atoms with Crippen LogP contribution in [-0.4, -0.2) is 18.1 Å². The standard InChI is InChI=1S/C16H17BrN2OS/c1-3-7-20-15-5-4-14(17)9-13(15)11-18-10-12(2)16-19-6-8-21-16/h1,4-6,8-9,12,18H,7,10-11H2,2H3. The summed E-state index contributed by atoms with van der Waals surface area (Å²) in [4.78, 5) is 4.34. The Labute approximate surface area is 137 Å². The maximum atomic E-state index is 5.56. The summed E-state index contributed by atoms with van der Waals surface area (Å²) in [7, 11) is 0. The van der Waals surface area contributed by atoms with Crippen LogP contribution in [0.25, 0.3) is 0 Å². The molecule has 110 valence electrons. The van der Waals surface area contributed by atoms with Crippen molar-refractivity contribution in [2.45, 2.75) is 19.4 Å². The molecule has 21 heavy (non-hydrogen) atoms. The van der Waals surface area contributed by atoms with Crippen molar-refractivity contribution in [3.63, 3.8) is 0 Å². The van der Waals surface area contributed by atoms with Crippen LogP contribution in [0.1, 0.15) is 23.4 Å². The number of terminal acetylenes is 1. The van der Waals surface area contributed by atoms with E-state index in [2.05, 4.69) is 39.1 Å². The summed E-state index contributed by atoms with van der Waals surface area (Å²) in [5.74, 6) is 3.71. The van der Waals surface area contributed by atoms with Gasteiger partial charge >= 0.3 is 0 Å². The van der Waals surface area contributed by atoms with E-state index in [9.17, 15) is 0 Å². The molecule has 0 aliphatic carbocycles. The highest BCUT2D eigenvalue weighted by Crippen LogP contribution is 2.23. The third-order valence-corrected chi connectivity index (χ3v) is 4.47. The van der Waals surface area contributed by atoms with Crippen LogP contribution >= 0.6 is 27.3 Å². The molecule has 3 nitrogen and oxygen atoms in total. The van der Waals surface area contributed by atoms with Crippen molar-refractivity contribution in [3.8, 4) is 18.1 Å². The number of hydrogen-bond acceptors (Lipinski definition) is 4. The number of thiazole rings is 1. The average Bonchev–Trinajstić information content (AvgIpc) is 3.00. The number of nitrogens with zero attached hydrogens (tertiary/aromatic N) is 1. The highest BCUT2D eigenvalue weighted by Gasteiger charge is 2.09. The van der Waals surface area contributed by atoms with Gasteiger partial charge in [0.25, 0.3) is 0 Å². The highest BCUT2D eigenvalue weighted by atomic mass is 79.9. The average molecular weight is 365 g/mol. The lowest BCUT2D eigenvalue weighted by Gasteiger charge is -2.13. The fourth-order valence-electron chi connectivity index (χ4n) is 1.93. The van der Waals surface area contributed by atoms with E-state index >= 15 is 0 Å². The normalized spacial score (nSPS) is 11.9. The van der Waals surface area contributed by atoms with Gasteiger partial charge in [-0.25, -0.2) is 4.98 Å². The van der Waals surface area contributed by atoms with E-state index < -0.39 is 0 Å². The molecule has 1 aromatic heterocycles. The van der Waals surface area contributed by atoms with Crippen molar-refractivity contribution in [2.24, 2.45) is 0 Å². The molecular weight excluding hydrogens is 348 g/mol. The van der Waals surface area contributed by atoms with E-state index in [1.165, 1.54) is 0 Å². The minimum absolute atomic E-state index is 0.282. The molecule has 0 spiro atoms. The molecule has 5 heteroatoms. The number of benzene rings is 1. The number of hydrogen-bond donors (Lipinski definition) is 1. The molecule has 0 aliphatic heterocycles. The van der Waals surface area contributed by atoms with Crippen molar-refractivity contribution >= 4 is 27.3 Å². The van der Waals surface area contributed by atoms with Crippen LogP contribution in [0.5, 0.6) is 5.75 Å². The van der Waals surface area contributed by atoms with Gasteiger partial charge in [0.1, 0.15) is 12.4 Å². The number of nitrogens with one attached hydrogen (secondary N) is 1. The van der Waals surface area contributed by atoms with E-state index in [1.54, 1.807) is 11.3 Å². The Morgan fingerprint density at radius 1 is 1.52 bits per heavy atom. The molecule has 1 heterocycles. The maximum Gasteiger partial charge on any atom is 0.148 e. The zero-order valence-corrected chi connectivity index (χ0v) is 14.2. The molecule has 0 radical (unpaired) electrons. The molecule has 2 aromatic rings. The van der Waals surface area contributed by atoms with Gasteiger partial charge in [0.15, 0.2) is 0 Å². The van der Waals surface area contributed by atoms with Gasteiger partial charge < -0.3 is 10.1 Å². The SMILES string of the molecule is C#CCOc1ccc(Br)cc1CNCC(C)c1nccs1. The van der Waals surface area contributed by atoms with E-state index in [-0.39, 0.29) is 6.61 Å². The van der Waals surface area contributed by atoms with E-state index in [0.29, 0.717) is 5.92 Å². The lowest BCUT2D eigenvalue weighted by molar-refractivity contribution is 0.364. The van der Waals surface area contributed by atoms with Crippen molar-refractivity contribution < 1.29 is 4.74 Å². The first-order valence-electron chi connectivity index (χ1n) is 6.65. The summed E-state index contributed by atoms with van der Waals surface area (Å²) in [5, 5.41) is 6.61.